The molecule has 5 nitrogen and oxygen atoms in total. The van der Waals surface area contributed by atoms with E-state index < -0.39 is 0 Å². The van der Waals surface area contributed by atoms with Gasteiger partial charge in [0.15, 0.2) is 0 Å². The highest BCUT2D eigenvalue weighted by atomic mass is 15.1. The van der Waals surface area contributed by atoms with Crippen molar-refractivity contribution in [3.05, 3.63) is 42.5 Å². The molecule has 0 aliphatic heterocycles. The van der Waals surface area contributed by atoms with E-state index >= 15 is 0 Å². The van der Waals surface area contributed by atoms with Crippen LogP contribution in [0.1, 0.15) is 12.5 Å². The quantitative estimate of drug-likeness (QED) is 0.812. The van der Waals surface area contributed by atoms with Crippen molar-refractivity contribution in [1.82, 2.24) is 15.0 Å². The molecule has 0 saturated heterocycles. The maximum absolute atomic E-state index is 4.39. The van der Waals surface area contributed by atoms with Gasteiger partial charge in [-0.1, -0.05) is 6.07 Å². The predicted octanol–water partition coefficient (Wildman–Crippen LogP) is 1.96. The zero-order chi connectivity index (χ0) is 12.6. The van der Waals surface area contributed by atoms with Crippen molar-refractivity contribution in [2.24, 2.45) is 0 Å². The highest BCUT2D eigenvalue weighted by Crippen LogP contribution is 2.06. The molecule has 2 heterocycles. The Hall–Kier alpha value is -2.17. The van der Waals surface area contributed by atoms with E-state index in [1.165, 1.54) is 5.56 Å². The Labute approximate surface area is 107 Å². The lowest BCUT2D eigenvalue weighted by molar-refractivity contribution is 0.986. The lowest BCUT2D eigenvalue weighted by Gasteiger charge is -2.07. The third-order valence-electron chi connectivity index (χ3n) is 2.44. The number of hydrogen-bond acceptors (Lipinski definition) is 5. The Kier molecular flexibility index (Phi) is 4.46. The van der Waals surface area contributed by atoms with Crippen molar-refractivity contribution in [2.45, 2.75) is 13.3 Å². The fourth-order valence-electron chi connectivity index (χ4n) is 1.60. The molecular formula is C13H17N5. The molecule has 0 fully saturated rings. The second-order valence-corrected chi connectivity index (χ2v) is 3.86. The van der Waals surface area contributed by atoms with Gasteiger partial charge in [-0.3, -0.25) is 9.97 Å². The van der Waals surface area contributed by atoms with Gasteiger partial charge in [0.05, 0.1) is 12.4 Å². The van der Waals surface area contributed by atoms with Gasteiger partial charge in [0.1, 0.15) is 11.6 Å². The molecule has 0 unspecified atom stereocenters. The Bertz CT molecular complexity index is 472. The van der Waals surface area contributed by atoms with Gasteiger partial charge >= 0.3 is 0 Å². The summed E-state index contributed by atoms with van der Waals surface area (Å²) in [6, 6.07) is 4.01. The highest BCUT2D eigenvalue weighted by Gasteiger charge is 1.97. The van der Waals surface area contributed by atoms with Gasteiger partial charge < -0.3 is 10.6 Å². The number of pyridine rings is 1. The van der Waals surface area contributed by atoms with Crippen LogP contribution in [0.4, 0.5) is 11.6 Å². The minimum Gasteiger partial charge on any atom is -0.369 e. The molecule has 2 rings (SSSR count). The fraction of sp³-hybridized carbons (Fsp3) is 0.308. The van der Waals surface area contributed by atoms with E-state index in [4.69, 9.17) is 0 Å². The molecule has 0 radical (unpaired) electrons. The Morgan fingerprint density at radius 1 is 1.06 bits per heavy atom. The van der Waals surface area contributed by atoms with Gasteiger partial charge in [-0.15, -0.1) is 0 Å². The first-order valence-electron chi connectivity index (χ1n) is 6.07. The SMILES string of the molecule is CCNc1cncc(NCCc2cccnc2)n1. The van der Waals surface area contributed by atoms with Crippen LogP contribution in [-0.4, -0.2) is 28.0 Å². The van der Waals surface area contributed by atoms with Crippen molar-refractivity contribution in [3.8, 4) is 0 Å². The van der Waals surface area contributed by atoms with Crippen LogP contribution in [0.5, 0.6) is 0 Å². The summed E-state index contributed by atoms with van der Waals surface area (Å²) in [7, 11) is 0. The third-order valence-corrected chi connectivity index (χ3v) is 2.44. The van der Waals surface area contributed by atoms with Gasteiger partial charge in [-0.25, -0.2) is 4.98 Å². The summed E-state index contributed by atoms with van der Waals surface area (Å²) in [5.74, 6) is 1.58. The number of aromatic nitrogens is 3. The van der Waals surface area contributed by atoms with Crippen LogP contribution in [0, 0.1) is 0 Å². The Balaban J connectivity index is 1.84. The molecule has 5 heteroatoms. The van der Waals surface area contributed by atoms with Crippen LogP contribution in [0.15, 0.2) is 36.9 Å². The summed E-state index contributed by atoms with van der Waals surface area (Å²) in [4.78, 5) is 12.6. The summed E-state index contributed by atoms with van der Waals surface area (Å²) < 4.78 is 0. The third kappa shape index (κ3) is 3.69. The standard InChI is InChI=1S/C13H17N5/c1-2-16-12-9-15-10-13(18-12)17-7-5-11-4-3-6-14-8-11/h3-4,6,8-10H,2,5,7H2,1H3,(H2,16,17,18). The smallest absolute Gasteiger partial charge is 0.146 e. The second kappa shape index (κ2) is 6.54. The number of nitrogens with one attached hydrogen (secondary N) is 2. The van der Waals surface area contributed by atoms with E-state index in [1.807, 2.05) is 19.2 Å². The molecule has 2 N–H and O–H groups in total. The molecule has 0 bridgehead atoms. The zero-order valence-electron chi connectivity index (χ0n) is 10.4. The van der Waals surface area contributed by atoms with Gasteiger partial charge in [0.25, 0.3) is 0 Å². The molecule has 0 aliphatic carbocycles. The molecule has 0 aromatic carbocycles. The van der Waals surface area contributed by atoms with Gasteiger partial charge in [-0.05, 0) is 25.0 Å². The molecule has 2 aromatic heterocycles. The normalized spacial score (nSPS) is 10.1. The van der Waals surface area contributed by atoms with E-state index in [1.54, 1.807) is 18.6 Å². The lowest BCUT2D eigenvalue weighted by Crippen LogP contribution is -2.08. The summed E-state index contributed by atoms with van der Waals surface area (Å²) in [6.45, 7) is 3.69. The van der Waals surface area contributed by atoms with Crippen molar-refractivity contribution >= 4 is 11.6 Å². The van der Waals surface area contributed by atoms with Crippen molar-refractivity contribution in [1.29, 1.82) is 0 Å². The van der Waals surface area contributed by atoms with Gasteiger partial charge in [0, 0.05) is 25.5 Å². The van der Waals surface area contributed by atoms with E-state index in [9.17, 15) is 0 Å². The van der Waals surface area contributed by atoms with Crippen LogP contribution < -0.4 is 10.6 Å². The predicted molar refractivity (Wildman–Crippen MR) is 72.6 cm³/mol. The van der Waals surface area contributed by atoms with Crippen LogP contribution >= 0.6 is 0 Å². The maximum Gasteiger partial charge on any atom is 0.146 e. The number of rotatable bonds is 6. The molecule has 2 aromatic rings. The Morgan fingerprint density at radius 3 is 2.61 bits per heavy atom. The largest absolute Gasteiger partial charge is 0.369 e. The number of nitrogens with zero attached hydrogens (tertiary/aromatic N) is 3. The molecular weight excluding hydrogens is 226 g/mol. The first-order chi connectivity index (χ1) is 8.88. The van der Waals surface area contributed by atoms with Crippen molar-refractivity contribution in [3.63, 3.8) is 0 Å². The zero-order valence-corrected chi connectivity index (χ0v) is 10.4. The minimum absolute atomic E-state index is 0.789. The van der Waals surface area contributed by atoms with E-state index in [0.29, 0.717) is 0 Å². The first kappa shape index (κ1) is 12.3. The summed E-state index contributed by atoms with van der Waals surface area (Å²) in [6.07, 6.45) is 8.02. The summed E-state index contributed by atoms with van der Waals surface area (Å²) >= 11 is 0. The molecule has 94 valence electrons. The molecule has 0 spiro atoms. The summed E-state index contributed by atoms with van der Waals surface area (Å²) in [5, 5.41) is 6.38. The molecule has 0 atom stereocenters. The monoisotopic (exact) mass is 243 g/mol. The maximum atomic E-state index is 4.39. The average molecular weight is 243 g/mol. The van der Waals surface area contributed by atoms with E-state index in [2.05, 4.69) is 31.7 Å². The van der Waals surface area contributed by atoms with Crippen molar-refractivity contribution in [2.75, 3.05) is 23.7 Å². The molecule has 0 saturated carbocycles. The second-order valence-electron chi connectivity index (χ2n) is 3.86. The fourth-order valence-corrected chi connectivity index (χ4v) is 1.60. The highest BCUT2D eigenvalue weighted by molar-refractivity contribution is 5.41. The molecule has 18 heavy (non-hydrogen) atoms. The Morgan fingerprint density at radius 2 is 1.89 bits per heavy atom. The minimum atomic E-state index is 0.789. The van der Waals surface area contributed by atoms with E-state index in [0.717, 1.165) is 31.1 Å². The van der Waals surface area contributed by atoms with Gasteiger partial charge in [0.2, 0.25) is 0 Å². The van der Waals surface area contributed by atoms with Crippen LogP contribution in [-0.2, 0) is 6.42 Å². The van der Waals surface area contributed by atoms with Gasteiger partial charge in [-0.2, -0.15) is 0 Å². The van der Waals surface area contributed by atoms with E-state index in [-0.39, 0.29) is 0 Å². The number of hydrogen-bond donors (Lipinski definition) is 2. The first-order valence-corrected chi connectivity index (χ1v) is 6.07. The molecule has 0 amide bonds. The lowest BCUT2D eigenvalue weighted by atomic mass is 10.2. The van der Waals surface area contributed by atoms with Crippen LogP contribution in [0.2, 0.25) is 0 Å². The number of anilines is 2. The average Bonchev–Trinajstić information content (AvgIpc) is 2.41. The summed E-state index contributed by atoms with van der Waals surface area (Å²) in [5.41, 5.74) is 1.21. The van der Waals surface area contributed by atoms with Crippen LogP contribution in [0.3, 0.4) is 0 Å². The van der Waals surface area contributed by atoms with Crippen LogP contribution in [0.25, 0.3) is 0 Å². The topological polar surface area (TPSA) is 62.7 Å². The van der Waals surface area contributed by atoms with Crippen molar-refractivity contribution < 1.29 is 0 Å². The molecule has 0 aliphatic rings.